The minimum atomic E-state index is -0.0547. The SMILES string of the molecule is [B]C([B])C12CC3CC(CC(C3)C1)C2. The lowest BCUT2D eigenvalue weighted by molar-refractivity contribution is -0.0458. The molecule has 4 rings (SSSR count). The van der Waals surface area contributed by atoms with Crippen LogP contribution in [0, 0.1) is 23.2 Å². The minimum Gasteiger partial charge on any atom is -0.104 e. The van der Waals surface area contributed by atoms with Crippen LogP contribution in [0.1, 0.15) is 38.5 Å². The molecule has 4 bridgehead atoms. The van der Waals surface area contributed by atoms with E-state index in [1.165, 1.54) is 38.5 Å². The van der Waals surface area contributed by atoms with Crippen LogP contribution in [0.4, 0.5) is 0 Å². The number of rotatable bonds is 1. The molecule has 4 saturated carbocycles. The molecule has 66 valence electrons. The zero-order valence-corrected chi connectivity index (χ0v) is 8.21. The van der Waals surface area contributed by atoms with Crippen molar-refractivity contribution in [3.63, 3.8) is 0 Å². The first-order valence-electron chi connectivity index (χ1n) is 5.69. The van der Waals surface area contributed by atoms with Gasteiger partial charge in [-0.15, -0.1) is 5.72 Å². The second-order valence-corrected chi connectivity index (χ2v) is 5.81. The van der Waals surface area contributed by atoms with E-state index in [-0.39, 0.29) is 5.72 Å². The Morgan fingerprint density at radius 3 is 1.54 bits per heavy atom. The zero-order chi connectivity index (χ0) is 9.05. The molecule has 0 amide bonds. The second kappa shape index (κ2) is 2.58. The van der Waals surface area contributed by atoms with E-state index < -0.39 is 0 Å². The van der Waals surface area contributed by atoms with E-state index in [4.69, 9.17) is 15.7 Å². The molecular weight excluding hydrogens is 154 g/mol. The Morgan fingerprint density at radius 2 is 1.23 bits per heavy atom. The van der Waals surface area contributed by atoms with Gasteiger partial charge in [0, 0.05) is 0 Å². The van der Waals surface area contributed by atoms with Gasteiger partial charge >= 0.3 is 0 Å². The summed E-state index contributed by atoms with van der Waals surface area (Å²) in [6.45, 7) is 0. The van der Waals surface area contributed by atoms with E-state index in [1.807, 2.05) is 0 Å². The van der Waals surface area contributed by atoms with E-state index in [2.05, 4.69) is 0 Å². The molecule has 0 nitrogen and oxygen atoms in total. The maximum Gasteiger partial charge on any atom is 0.0582 e. The first kappa shape index (κ1) is 8.44. The number of hydrogen-bond acceptors (Lipinski definition) is 0. The highest BCUT2D eigenvalue weighted by Crippen LogP contribution is 2.62. The molecule has 0 N–H and O–H groups in total. The molecule has 0 aromatic carbocycles. The molecule has 0 atom stereocenters. The lowest BCUT2D eigenvalue weighted by Gasteiger charge is -2.59. The molecule has 0 heterocycles. The fourth-order valence-corrected chi connectivity index (χ4v) is 4.59. The smallest absolute Gasteiger partial charge is 0.0582 e. The molecule has 4 fully saturated rings. The Hall–Kier alpha value is 0.130. The Bertz CT molecular complexity index is 187. The molecule has 0 unspecified atom stereocenters. The molecule has 4 radical (unpaired) electrons. The van der Waals surface area contributed by atoms with Gasteiger partial charge in [-0.2, -0.15) is 0 Å². The fourth-order valence-electron chi connectivity index (χ4n) is 4.59. The summed E-state index contributed by atoms with van der Waals surface area (Å²) in [7, 11) is 11.9. The van der Waals surface area contributed by atoms with Crippen molar-refractivity contribution >= 4 is 15.7 Å². The highest BCUT2D eigenvalue weighted by atomic mass is 14.5. The van der Waals surface area contributed by atoms with E-state index in [9.17, 15) is 0 Å². The quantitative estimate of drug-likeness (QED) is 0.529. The summed E-state index contributed by atoms with van der Waals surface area (Å²) in [4.78, 5) is 0. The molecular formula is C11H16B2. The van der Waals surface area contributed by atoms with Crippen LogP contribution in [-0.2, 0) is 0 Å². The van der Waals surface area contributed by atoms with Crippen molar-refractivity contribution in [3.8, 4) is 0 Å². The van der Waals surface area contributed by atoms with Crippen molar-refractivity contribution in [1.82, 2.24) is 0 Å². The normalized spacial score (nSPS) is 53.2. The predicted molar refractivity (Wildman–Crippen MR) is 55.9 cm³/mol. The van der Waals surface area contributed by atoms with Crippen LogP contribution in [0.5, 0.6) is 0 Å². The first-order valence-corrected chi connectivity index (χ1v) is 5.69. The third-order valence-corrected chi connectivity index (χ3v) is 4.79. The van der Waals surface area contributed by atoms with Crippen molar-refractivity contribution in [1.29, 1.82) is 0 Å². The summed E-state index contributed by atoms with van der Waals surface area (Å²) in [6.07, 6.45) is 8.42. The zero-order valence-electron chi connectivity index (χ0n) is 8.21. The van der Waals surface area contributed by atoms with Crippen LogP contribution in [-0.4, -0.2) is 15.7 Å². The van der Waals surface area contributed by atoms with Crippen molar-refractivity contribution in [2.75, 3.05) is 0 Å². The van der Waals surface area contributed by atoms with Gasteiger partial charge in [0.1, 0.15) is 0 Å². The maximum absolute atomic E-state index is 5.97. The van der Waals surface area contributed by atoms with Gasteiger partial charge in [0.15, 0.2) is 0 Å². The molecule has 2 heteroatoms. The van der Waals surface area contributed by atoms with Crippen LogP contribution >= 0.6 is 0 Å². The second-order valence-electron chi connectivity index (χ2n) is 5.81. The molecule has 0 saturated heterocycles. The van der Waals surface area contributed by atoms with Gasteiger partial charge in [-0.05, 0) is 61.7 Å². The van der Waals surface area contributed by atoms with Gasteiger partial charge in [-0.1, -0.05) is 0 Å². The van der Waals surface area contributed by atoms with Gasteiger partial charge in [0.2, 0.25) is 0 Å². The van der Waals surface area contributed by atoms with Crippen LogP contribution < -0.4 is 0 Å². The van der Waals surface area contributed by atoms with Crippen molar-refractivity contribution < 1.29 is 0 Å². The van der Waals surface area contributed by atoms with Gasteiger partial charge in [0.05, 0.1) is 15.7 Å². The van der Waals surface area contributed by atoms with Gasteiger partial charge < -0.3 is 0 Å². The largest absolute Gasteiger partial charge is 0.104 e. The Balaban J connectivity index is 1.91. The summed E-state index contributed by atoms with van der Waals surface area (Å²) in [6, 6.07) is 0. The summed E-state index contributed by atoms with van der Waals surface area (Å²) >= 11 is 0. The lowest BCUT2D eigenvalue weighted by atomic mass is 9.40. The summed E-state index contributed by atoms with van der Waals surface area (Å²) in [5, 5.41) is 0. The minimum absolute atomic E-state index is 0.0547. The molecule has 0 spiro atoms. The van der Waals surface area contributed by atoms with E-state index in [0.29, 0.717) is 5.41 Å². The van der Waals surface area contributed by atoms with Crippen LogP contribution in [0.3, 0.4) is 0 Å². The fraction of sp³-hybridized carbons (Fsp3) is 1.00. The number of hydrogen-bond donors (Lipinski definition) is 0. The third-order valence-electron chi connectivity index (χ3n) is 4.79. The summed E-state index contributed by atoms with van der Waals surface area (Å²) < 4.78 is 0. The maximum atomic E-state index is 5.97. The molecule has 4 aliphatic carbocycles. The molecule has 4 aliphatic rings. The van der Waals surface area contributed by atoms with Crippen LogP contribution in [0.15, 0.2) is 0 Å². The van der Waals surface area contributed by atoms with E-state index >= 15 is 0 Å². The average Bonchev–Trinajstić information content (AvgIpc) is 2.00. The van der Waals surface area contributed by atoms with E-state index in [1.54, 1.807) is 0 Å². The van der Waals surface area contributed by atoms with Crippen molar-refractivity contribution in [3.05, 3.63) is 0 Å². The van der Waals surface area contributed by atoms with Crippen molar-refractivity contribution in [2.45, 2.75) is 44.2 Å². The average molecular weight is 170 g/mol. The molecule has 0 aromatic heterocycles. The van der Waals surface area contributed by atoms with E-state index in [0.717, 1.165) is 17.8 Å². The Morgan fingerprint density at radius 1 is 0.846 bits per heavy atom. The highest BCUT2D eigenvalue weighted by Gasteiger charge is 2.51. The Labute approximate surface area is 83.7 Å². The van der Waals surface area contributed by atoms with Gasteiger partial charge in [0.25, 0.3) is 0 Å². The molecule has 0 aliphatic heterocycles. The predicted octanol–water partition coefficient (Wildman–Crippen LogP) is 2.29. The van der Waals surface area contributed by atoms with Crippen LogP contribution in [0.2, 0.25) is 5.72 Å². The standard InChI is InChI=1S/C11H16B2/c12-10(13)11-4-7-1-8(5-11)3-9(2-7)6-11/h7-10H,1-6H2. The summed E-state index contributed by atoms with van der Waals surface area (Å²) in [5.41, 5.74) is 0.301. The molecule has 0 aromatic rings. The van der Waals surface area contributed by atoms with Crippen LogP contribution in [0.25, 0.3) is 0 Å². The van der Waals surface area contributed by atoms with Gasteiger partial charge in [-0.3, -0.25) is 0 Å². The monoisotopic (exact) mass is 170 g/mol. The highest BCUT2D eigenvalue weighted by molar-refractivity contribution is 6.36. The summed E-state index contributed by atoms with van der Waals surface area (Å²) in [5.74, 6) is 2.92. The third kappa shape index (κ3) is 1.13. The van der Waals surface area contributed by atoms with Crippen molar-refractivity contribution in [2.24, 2.45) is 23.2 Å². The molecule has 13 heavy (non-hydrogen) atoms. The topological polar surface area (TPSA) is 0 Å². The lowest BCUT2D eigenvalue weighted by Crippen LogP contribution is -2.48. The van der Waals surface area contributed by atoms with Gasteiger partial charge in [-0.25, -0.2) is 0 Å². The first-order chi connectivity index (χ1) is 6.18. The Kier molecular flexibility index (Phi) is 1.68.